The molecule has 2 aromatic carbocycles. The zero-order chi connectivity index (χ0) is 19.2. The minimum atomic E-state index is -0.178. The molecule has 1 N–H and O–H groups in total. The first-order valence-corrected chi connectivity index (χ1v) is 8.81. The van der Waals surface area contributed by atoms with E-state index in [1.165, 1.54) is 0 Å². The van der Waals surface area contributed by atoms with Gasteiger partial charge in [-0.1, -0.05) is 36.4 Å². The smallest absolute Gasteiger partial charge is 0.255 e. The summed E-state index contributed by atoms with van der Waals surface area (Å²) in [4.78, 5) is 14.9. The number of hydrogen-bond donors (Lipinski definition) is 1. The minimum Gasteiger partial charge on any atom is -0.496 e. The van der Waals surface area contributed by atoms with Crippen LogP contribution in [0.1, 0.15) is 22.2 Å². The van der Waals surface area contributed by atoms with Gasteiger partial charge in [0.2, 0.25) is 0 Å². The van der Waals surface area contributed by atoms with E-state index in [4.69, 9.17) is 9.15 Å². The van der Waals surface area contributed by atoms with Crippen LogP contribution >= 0.6 is 0 Å². The fraction of sp³-hybridized carbons (Fsp3) is 0.227. The molecule has 3 aromatic rings. The summed E-state index contributed by atoms with van der Waals surface area (Å²) in [6.45, 7) is 0.429. The average molecular weight is 364 g/mol. The van der Waals surface area contributed by atoms with Gasteiger partial charge in [-0.15, -0.1) is 0 Å². The zero-order valence-electron chi connectivity index (χ0n) is 15.8. The summed E-state index contributed by atoms with van der Waals surface area (Å²) in [6.07, 6.45) is 1.64. The van der Waals surface area contributed by atoms with E-state index in [2.05, 4.69) is 5.32 Å². The van der Waals surface area contributed by atoms with Crippen LogP contribution in [-0.4, -0.2) is 38.6 Å². The molecule has 27 heavy (non-hydrogen) atoms. The third kappa shape index (κ3) is 4.38. The van der Waals surface area contributed by atoms with Gasteiger partial charge in [0.1, 0.15) is 11.5 Å². The van der Waals surface area contributed by atoms with E-state index in [1.807, 2.05) is 79.7 Å². The molecule has 1 aromatic heterocycles. The molecule has 0 bridgehead atoms. The molecule has 140 valence electrons. The Morgan fingerprint density at radius 1 is 1.07 bits per heavy atom. The molecule has 1 heterocycles. The fourth-order valence-electron chi connectivity index (χ4n) is 3.00. The summed E-state index contributed by atoms with van der Waals surface area (Å²) in [6, 6.07) is 19.3. The monoisotopic (exact) mass is 364 g/mol. The van der Waals surface area contributed by atoms with Crippen molar-refractivity contribution < 1.29 is 13.9 Å². The van der Waals surface area contributed by atoms with Crippen LogP contribution in [0.5, 0.6) is 5.75 Å². The molecule has 0 aliphatic rings. The van der Waals surface area contributed by atoms with E-state index in [0.717, 1.165) is 16.9 Å². The van der Waals surface area contributed by atoms with Crippen LogP contribution in [0.3, 0.4) is 0 Å². The number of hydrogen-bond acceptors (Lipinski definition) is 4. The van der Waals surface area contributed by atoms with Crippen molar-refractivity contribution in [2.75, 3.05) is 27.7 Å². The Morgan fingerprint density at radius 2 is 1.85 bits per heavy atom. The number of furan rings is 1. The van der Waals surface area contributed by atoms with Crippen molar-refractivity contribution in [3.8, 4) is 16.9 Å². The highest BCUT2D eigenvalue weighted by Crippen LogP contribution is 2.27. The largest absolute Gasteiger partial charge is 0.496 e. The van der Waals surface area contributed by atoms with Crippen molar-refractivity contribution in [3.05, 3.63) is 78.3 Å². The molecule has 0 spiro atoms. The van der Waals surface area contributed by atoms with Crippen LogP contribution in [0, 0.1) is 0 Å². The topological polar surface area (TPSA) is 54.7 Å². The van der Waals surface area contributed by atoms with Crippen molar-refractivity contribution in [1.29, 1.82) is 0 Å². The average Bonchev–Trinajstić information content (AvgIpc) is 3.22. The van der Waals surface area contributed by atoms with Crippen molar-refractivity contribution in [2.24, 2.45) is 0 Å². The van der Waals surface area contributed by atoms with Gasteiger partial charge in [0.05, 0.1) is 25.0 Å². The number of likely N-dealkylation sites (N-methyl/N-ethyl adjacent to an activating group) is 1. The summed E-state index contributed by atoms with van der Waals surface area (Å²) in [5.41, 5.74) is 2.53. The normalized spacial score (nSPS) is 12.0. The molecule has 0 saturated carbocycles. The maximum Gasteiger partial charge on any atom is 0.255 e. The molecule has 1 amide bonds. The fourth-order valence-corrected chi connectivity index (χ4v) is 3.00. The van der Waals surface area contributed by atoms with E-state index in [0.29, 0.717) is 17.9 Å². The Balaban J connectivity index is 1.81. The number of nitrogens with one attached hydrogen (secondary N) is 1. The highest BCUT2D eigenvalue weighted by Gasteiger charge is 2.20. The highest BCUT2D eigenvalue weighted by atomic mass is 16.5. The van der Waals surface area contributed by atoms with Crippen molar-refractivity contribution in [2.45, 2.75) is 6.04 Å². The number of benzene rings is 2. The molecule has 3 rings (SSSR count). The van der Waals surface area contributed by atoms with Gasteiger partial charge in [-0.2, -0.15) is 0 Å². The summed E-state index contributed by atoms with van der Waals surface area (Å²) in [7, 11) is 5.48. The van der Waals surface area contributed by atoms with Gasteiger partial charge in [0.15, 0.2) is 0 Å². The Labute approximate surface area is 159 Å². The lowest BCUT2D eigenvalue weighted by atomic mass is 10.0. The quantitative estimate of drug-likeness (QED) is 0.689. The Kier molecular flexibility index (Phi) is 5.94. The predicted octanol–water partition coefficient (Wildman–Crippen LogP) is 3.99. The van der Waals surface area contributed by atoms with E-state index in [9.17, 15) is 4.79 Å². The van der Waals surface area contributed by atoms with Gasteiger partial charge in [-0.25, -0.2) is 0 Å². The molecule has 0 aliphatic heterocycles. The van der Waals surface area contributed by atoms with Gasteiger partial charge in [0, 0.05) is 6.54 Å². The van der Waals surface area contributed by atoms with E-state index in [-0.39, 0.29) is 11.9 Å². The number of amides is 1. The van der Waals surface area contributed by atoms with E-state index < -0.39 is 0 Å². The third-order valence-electron chi connectivity index (χ3n) is 4.50. The number of carbonyl (C=O) groups excluding carboxylic acids is 1. The Hall–Kier alpha value is -3.05. The zero-order valence-corrected chi connectivity index (χ0v) is 15.8. The van der Waals surface area contributed by atoms with Crippen LogP contribution in [-0.2, 0) is 0 Å². The first-order chi connectivity index (χ1) is 13.1. The number of ether oxygens (including phenoxy) is 1. The molecule has 0 fully saturated rings. The van der Waals surface area contributed by atoms with E-state index in [1.54, 1.807) is 13.4 Å². The van der Waals surface area contributed by atoms with Crippen molar-refractivity contribution in [3.63, 3.8) is 0 Å². The van der Waals surface area contributed by atoms with Gasteiger partial charge >= 0.3 is 0 Å². The molecular weight excluding hydrogens is 340 g/mol. The molecule has 1 atom stereocenters. The molecule has 5 nitrogen and oxygen atoms in total. The predicted molar refractivity (Wildman–Crippen MR) is 106 cm³/mol. The SMILES string of the molecule is COc1ccc(-c2ccccc2)cc1C(=O)NCC(c1ccco1)N(C)C. The highest BCUT2D eigenvalue weighted by molar-refractivity contribution is 5.98. The molecule has 5 heteroatoms. The van der Waals surface area contributed by atoms with Crippen LogP contribution in [0.4, 0.5) is 0 Å². The van der Waals surface area contributed by atoms with E-state index >= 15 is 0 Å². The first-order valence-electron chi connectivity index (χ1n) is 8.81. The molecular formula is C22H24N2O3. The van der Waals surface area contributed by atoms with Crippen molar-refractivity contribution in [1.82, 2.24) is 10.2 Å². The van der Waals surface area contributed by atoms with Crippen LogP contribution < -0.4 is 10.1 Å². The summed E-state index contributed by atoms with van der Waals surface area (Å²) in [5, 5.41) is 3.00. The van der Waals surface area contributed by atoms with Crippen molar-refractivity contribution >= 4 is 5.91 Å². The van der Waals surface area contributed by atoms with Gasteiger partial charge in [-0.05, 0) is 49.5 Å². The second-order valence-electron chi connectivity index (χ2n) is 6.49. The van der Waals surface area contributed by atoms with Gasteiger partial charge in [0.25, 0.3) is 5.91 Å². The number of carbonyl (C=O) groups is 1. The lowest BCUT2D eigenvalue weighted by molar-refractivity contribution is 0.0936. The minimum absolute atomic E-state index is 0.0488. The van der Waals surface area contributed by atoms with Crippen LogP contribution in [0.15, 0.2) is 71.3 Å². The Bertz CT molecular complexity index is 874. The maximum absolute atomic E-state index is 12.9. The van der Waals surface area contributed by atoms with Gasteiger partial charge in [-0.3, -0.25) is 9.69 Å². The van der Waals surface area contributed by atoms with Crippen LogP contribution in [0.25, 0.3) is 11.1 Å². The number of methoxy groups -OCH3 is 1. The number of rotatable bonds is 7. The second-order valence-corrected chi connectivity index (χ2v) is 6.49. The van der Waals surface area contributed by atoms with Crippen LogP contribution in [0.2, 0.25) is 0 Å². The number of nitrogens with zero attached hydrogens (tertiary/aromatic N) is 1. The van der Waals surface area contributed by atoms with Gasteiger partial charge < -0.3 is 14.5 Å². The summed E-state index contributed by atoms with van der Waals surface area (Å²) < 4.78 is 10.9. The summed E-state index contributed by atoms with van der Waals surface area (Å²) >= 11 is 0. The standard InChI is InChI=1S/C22H24N2O3/c1-24(2)19(21-10-7-13-27-21)15-23-22(25)18-14-17(11-12-20(18)26-3)16-8-5-4-6-9-16/h4-14,19H,15H2,1-3H3,(H,23,25). The lowest BCUT2D eigenvalue weighted by Gasteiger charge is -2.23. The third-order valence-corrected chi connectivity index (χ3v) is 4.50. The first kappa shape index (κ1) is 18.7. The maximum atomic E-state index is 12.9. The second kappa shape index (κ2) is 8.56. The molecule has 0 aliphatic carbocycles. The molecule has 0 saturated heterocycles. The lowest BCUT2D eigenvalue weighted by Crippen LogP contribution is -2.34. The summed E-state index contributed by atoms with van der Waals surface area (Å²) in [5.74, 6) is 1.18. The molecule has 0 radical (unpaired) electrons. The Morgan fingerprint density at radius 3 is 2.48 bits per heavy atom. The molecule has 1 unspecified atom stereocenters.